The van der Waals surface area contributed by atoms with Crippen LogP contribution in [-0.2, 0) is 0 Å². The number of likely N-dealkylation sites (N-methyl/N-ethyl adjacent to an activating group) is 1. The van der Waals surface area contributed by atoms with Gasteiger partial charge >= 0.3 is 0 Å². The van der Waals surface area contributed by atoms with E-state index in [1.165, 1.54) is 0 Å². The molecule has 1 N–H and O–H groups in total. The molecule has 0 unspecified atom stereocenters. The fourth-order valence-corrected chi connectivity index (χ4v) is 3.79. The van der Waals surface area contributed by atoms with E-state index in [4.69, 9.17) is 9.72 Å². The summed E-state index contributed by atoms with van der Waals surface area (Å²) >= 11 is 0. The number of benzene rings is 1. The average Bonchev–Trinajstić information content (AvgIpc) is 3.25. The van der Waals surface area contributed by atoms with Gasteiger partial charge in [-0.05, 0) is 49.5 Å². The summed E-state index contributed by atoms with van der Waals surface area (Å²) in [7, 11) is 2.17. The number of ether oxygens (including phenoxy) is 1. The summed E-state index contributed by atoms with van der Waals surface area (Å²) in [5.74, 6) is 2.23. The second kappa shape index (κ2) is 9.33. The zero-order valence-electron chi connectivity index (χ0n) is 18.2. The molecule has 164 valence electrons. The number of piperazine rings is 1. The largest absolute Gasteiger partial charge is 0.492 e. The second-order valence-electron chi connectivity index (χ2n) is 7.99. The fourth-order valence-electron chi connectivity index (χ4n) is 3.79. The Morgan fingerprint density at radius 2 is 1.81 bits per heavy atom. The molecule has 0 bridgehead atoms. The van der Waals surface area contributed by atoms with E-state index in [1.54, 1.807) is 6.20 Å². The van der Waals surface area contributed by atoms with E-state index in [1.807, 2.05) is 65.5 Å². The van der Waals surface area contributed by atoms with Crippen molar-refractivity contribution in [3.05, 3.63) is 67.1 Å². The van der Waals surface area contributed by atoms with Gasteiger partial charge in [0.2, 0.25) is 5.95 Å². The lowest BCUT2D eigenvalue weighted by atomic mass is 10.3. The highest BCUT2D eigenvalue weighted by atomic mass is 16.5. The number of anilines is 2. The normalized spacial score (nSPS) is 15.2. The molecule has 0 atom stereocenters. The Balaban J connectivity index is 1.21. The maximum absolute atomic E-state index is 5.93. The summed E-state index contributed by atoms with van der Waals surface area (Å²) in [6.45, 7) is 6.12. The molecule has 3 aromatic heterocycles. The molecule has 32 heavy (non-hydrogen) atoms. The number of pyridine rings is 1. The van der Waals surface area contributed by atoms with Crippen molar-refractivity contribution < 1.29 is 4.74 Å². The molecule has 4 aromatic rings. The van der Waals surface area contributed by atoms with E-state index in [-0.39, 0.29) is 0 Å². The monoisotopic (exact) mass is 429 g/mol. The molecular formula is C24H27N7O. The number of nitrogens with zero attached hydrogens (tertiary/aromatic N) is 6. The maximum Gasteiger partial charge on any atom is 0.229 e. The molecule has 5 rings (SSSR count). The van der Waals surface area contributed by atoms with Crippen molar-refractivity contribution >= 4 is 22.7 Å². The van der Waals surface area contributed by atoms with Crippen molar-refractivity contribution in [2.45, 2.75) is 0 Å². The average molecular weight is 430 g/mol. The second-order valence-corrected chi connectivity index (χ2v) is 7.99. The van der Waals surface area contributed by atoms with Crippen LogP contribution in [0, 0.1) is 0 Å². The van der Waals surface area contributed by atoms with Gasteiger partial charge in [-0.3, -0.25) is 9.47 Å². The van der Waals surface area contributed by atoms with Crippen molar-refractivity contribution in [3.8, 4) is 11.6 Å². The predicted octanol–water partition coefficient (Wildman–Crippen LogP) is 3.19. The molecule has 1 saturated heterocycles. The van der Waals surface area contributed by atoms with Gasteiger partial charge in [0.15, 0.2) is 5.65 Å². The molecule has 0 saturated carbocycles. The number of fused-ring (bicyclic) bond motifs is 1. The minimum Gasteiger partial charge on any atom is -0.492 e. The first-order valence-electron chi connectivity index (χ1n) is 10.9. The summed E-state index contributed by atoms with van der Waals surface area (Å²) in [6, 6.07) is 15.7. The molecule has 4 heterocycles. The van der Waals surface area contributed by atoms with Crippen molar-refractivity contribution in [1.29, 1.82) is 0 Å². The van der Waals surface area contributed by atoms with Crippen molar-refractivity contribution in [2.75, 3.05) is 51.7 Å². The molecule has 1 aliphatic rings. The first-order chi connectivity index (χ1) is 15.7. The smallest absolute Gasteiger partial charge is 0.229 e. The number of nitrogens with one attached hydrogen (secondary N) is 1. The number of hydrogen-bond donors (Lipinski definition) is 1. The van der Waals surface area contributed by atoms with E-state index in [2.05, 4.69) is 32.1 Å². The minimum atomic E-state index is 0.539. The highest BCUT2D eigenvalue weighted by molar-refractivity contribution is 5.78. The van der Waals surface area contributed by atoms with Gasteiger partial charge in [-0.1, -0.05) is 6.07 Å². The van der Waals surface area contributed by atoms with Crippen molar-refractivity contribution in [3.63, 3.8) is 0 Å². The van der Waals surface area contributed by atoms with Crippen LogP contribution in [-0.4, -0.2) is 75.7 Å². The van der Waals surface area contributed by atoms with E-state index >= 15 is 0 Å². The number of hydrogen-bond acceptors (Lipinski definition) is 7. The van der Waals surface area contributed by atoms with Gasteiger partial charge in [0, 0.05) is 62.4 Å². The quantitative estimate of drug-likeness (QED) is 0.484. The standard InChI is InChI=1S/C24H27N7O/c1-29-12-14-30(15-13-29)16-17-32-21-7-5-20(6-8-21)27-24-26-18-19-9-11-31(23(19)28-24)22-4-2-3-10-25-22/h2-11,18H,12-17H2,1H3,(H,26,27,28). The van der Waals surface area contributed by atoms with Gasteiger partial charge in [-0.2, -0.15) is 4.98 Å². The van der Waals surface area contributed by atoms with Crippen LogP contribution in [0.2, 0.25) is 0 Å². The maximum atomic E-state index is 5.93. The Morgan fingerprint density at radius 1 is 0.969 bits per heavy atom. The molecule has 0 spiro atoms. The van der Waals surface area contributed by atoms with E-state index in [0.717, 1.165) is 61.0 Å². The lowest BCUT2D eigenvalue weighted by molar-refractivity contribution is 0.134. The molecule has 1 aliphatic heterocycles. The summed E-state index contributed by atoms with van der Waals surface area (Å²) in [5, 5.41) is 4.24. The fraction of sp³-hybridized carbons (Fsp3) is 0.292. The number of rotatable bonds is 7. The van der Waals surface area contributed by atoms with Crippen LogP contribution in [0.25, 0.3) is 16.9 Å². The third-order valence-corrected chi connectivity index (χ3v) is 5.71. The topological polar surface area (TPSA) is 71.3 Å². The highest BCUT2D eigenvalue weighted by Crippen LogP contribution is 2.21. The molecule has 1 aromatic carbocycles. The Kier molecular flexibility index (Phi) is 5.96. The van der Waals surface area contributed by atoms with Crippen LogP contribution in [0.5, 0.6) is 5.75 Å². The molecule has 1 fully saturated rings. The van der Waals surface area contributed by atoms with Crippen molar-refractivity contribution in [1.82, 2.24) is 29.3 Å². The lowest BCUT2D eigenvalue weighted by Crippen LogP contribution is -2.45. The van der Waals surface area contributed by atoms with Crippen LogP contribution in [0.3, 0.4) is 0 Å². The SMILES string of the molecule is CN1CCN(CCOc2ccc(Nc3ncc4ccn(-c5ccccn5)c4n3)cc2)CC1. The minimum absolute atomic E-state index is 0.539. The van der Waals surface area contributed by atoms with Gasteiger partial charge in [-0.25, -0.2) is 9.97 Å². The van der Waals surface area contributed by atoms with Crippen molar-refractivity contribution in [2.24, 2.45) is 0 Å². The van der Waals surface area contributed by atoms with Gasteiger partial charge in [0.1, 0.15) is 18.2 Å². The molecule has 8 heteroatoms. The first kappa shape index (κ1) is 20.4. The molecule has 0 aliphatic carbocycles. The molecule has 8 nitrogen and oxygen atoms in total. The Hall–Kier alpha value is -3.49. The summed E-state index contributed by atoms with van der Waals surface area (Å²) in [6.07, 6.45) is 5.55. The van der Waals surface area contributed by atoms with Crippen LogP contribution in [0.4, 0.5) is 11.6 Å². The molecule has 0 radical (unpaired) electrons. The van der Waals surface area contributed by atoms with E-state index in [9.17, 15) is 0 Å². The van der Waals surface area contributed by atoms with Gasteiger partial charge in [0.05, 0.1) is 0 Å². The van der Waals surface area contributed by atoms with Crippen LogP contribution >= 0.6 is 0 Å². The Labute approximate surface area is 187 Å². The first-order valence-corrected chi connectivity index (χ1v) is 10.9. The van der Waals surface area contributed by atoms with Crippen LogP contribution in [0.1, 0.15) is 0 Å². The highest BCUT2D eigenvalue weighted by Gasteiger charge is 2.13. The van der Waals surface area contributed by atoms with Gasteiger partial charge in [0.25, 0.3) is 0 Å². The summed E-state index contributed by atoms with van der Waals surface area (Å²) in [4.78, 5) is 18.4. The number of aromatic nitrogens is 4. The van der Waals surface area contributed by atoms with Crippen LogP contribution in [0.15, 0.2) is 67.1 Å². The summed E-state index contributed by atoms with van der Waals surface area (Å²) < 4.78 is 7.89. The van der Waals surface area contributed by atoms with Crippen LogP contribution < -0.4 is 10.1 Å². The zero-order valence-corrected chi connectivity index (χ0v) is 18.2. The third kappa shape index (κ3) is 4.71. The predicted molar refractivity (Wildman–Crippen MR) is 126 cm³/mol. The van der Waals surface area contributed by atoms with Gasteiger partial charge < -0.3 is 15.0 Å². The molecule has 0 amide bonds. The summed E-state index contributed by atoms with van der Waals surface area (Å²) in [5.41, 5.74) is 1.72. The van der Waals surface area contributed by atoms with E-state index < -0.39 is 0 Å². The lowest BCUT2D eigenvalue weighted by Gasteiger charge is -2.32. The van der Waals surface area contributed by atoms with E-state index in [0.29, 0.717) is 12.6 Å². The third-order valence-electron chi connectivity index (χ3n) is 5.71. The zero-order chi connectivity index (χ0) is 21.8. The van der Waals surface area contributed by atoms with Gasteiger partial charge in [-0.15, -0.1) is 0 Å². The Morgan fingerprint density at radius 3 is 2.59 bits per heavy atom. The Bertz CT molecular complexity index is 1150. The molecular weight excluding hydrogens is 402 g/mol.